The highest BCUT2D eigenvalue weighted by Crippen LogP contribution is 2.10. The standard InChI is InChI=1S/C16H15N5O2/c1-20-9-5-12(10-14(20)22)16(23)18-11-13-4-2-6-17-15(13)21-8-3-7-19-21/h2-10H,11H2,1H3,(H,18,23). The minimum absolute atomic E-state index is 0.226. The summed E-state index contributed by atoms with van der Waals surface area (Å²) in [5.41, 5.74) is 0.933. The highest BCUT2D eigenvalue weighted by Gasteiger charge is 2.10. The van der Waals surface area contributed by atoms with Gasteiger partial charge in [-0.05, 0) is 18.2 Å². The van der Waals surface area contributed by atoms with E-state index >= 15 is 0 Å². The number of amides is 1. The van der Waals surface area contributed by atoms with Crippen LogP contribution in [-0.4, -0.2) is 25.2 Å². The molecule has 3 aromatic heterocycles. The van der Waals surface area contributed by atoms with Crippen LogP contribution < -0.4 is 10.9 Å². The molecule has 0 aliphatic carbocycles. The molecule has 3 heterocycles. The first-order valence-electron chi connectivity index (χ1n) is 7.04. The van der Waals surface area contributed by atoms with E-state index < -0.39 is 0 Å². The zero-order valence-electron chi connectivity index (χ0n) is 12.5. The van der Waals surface area contributed by atoms with Crippen LogP contribution in [0.2, 0.25) is 0 Å². The van der Waals surface area contributed by atoms with Gasteiger partial charge in [-0.25, -0.2) is 9.67 Å². The molecule has 1 amide bonds. The van der Waals surface area contributed by atoms with Gasteiger partial charge in [0.1, 0.15) is 0 Å². The molecule has 1 N–H and O–H groups in total. The lowest BCUT2D eigenvalue weighted by atomic mass is 10.2. The third-order valence-corrected chi connectivity index (χ3v) is 3.39. The predicted molar refractivity (Wildman–Crippen MR) is 84.2 cm³/mol. The van der Waals surface area contributed by atoms with E-state index in [0.29, 0.717) is 11.4 Å². The molecule has 7 heteroatoms. The van der Waals surface area contributed by atoms with Gasteiger partial charge in [-0.15, -0.1) is 0 Å². The summed E-state index contributed by atoms with van der Waals surface area (Å²) in [5, 5.41) is 6.95. The van der Waals surface area contributed by atoms with Crippen LogP contribution in [0.4, 0.5) is 0 Å². The molecule has 0 atom stereocenters. The first-order chi connectivity index (χ1) is 11.1. The Balaban J connectivity index is 1.77. The van der Waals surface area contributed by atoms with Crippen LogP contribution in [-0.2, 0) is 13.6 Å². The van der Waals surface area contributed by atoms with Gasteiger partial charge in [-0.1, -0.05) is 6.07 Å². The Morgan fingerprint density at radius 1 is 1.22 bits per heavy atom. The Morgan fingerprint density at radius 2 is 2.09 bits per heavy atom. The second kappa shape index (κ2) is 6.27. The number of nitrogens with zero attached hydrogens (tertiary/aromatic N) is 4. The van der Waals surface area contributed by atoms with Crippen LogP contribution in [0.25, 0.3) is 5.82 Å². The van der Waals surface area contributed by atoms with Crippen LogP contribution >= 0.6 is 0 Å². The maximum absolute atomic E-state index is 12.2. The zero-order valence-corrected chi connectivity index (χ0v) is 12.5. The van der Waals surface area contributed by atoms with Crippen molar-refractivity contribution in [1.82, 2.24) is 24.6 Å². The first-order valence-corrected chi connectivity index (χ1v) is 7.04. The highest BCUT2D eigenvalue weighted by molar-refractivity contribution is 5.93. The third-order valence-electron chi connectivity index (χ3n) is 3.39. The first kappa shape index (κ1) is 14.7. The summed E-state index contributed by atoms with van der Waals surface area (Å²) in [5.74, 6) is 0.347. The van der Waals surface area contributed by atoms with Gasteiger partial charge in [0.15, 0.2) is 5.82 Å². The molecule has 116 valence electrons. The van der Waals surface area contributed by atoms with Crippen molar-refractivity contribution in [2.75, 3.05) is 0 Å². The molecule has 3 aromatic rings. The Bertz CT molecular complexity index is 883. The fourth-order valence-corrected chi connectivity index (χ4v) is 2.14. The molecule has 7 nitrogen and oxygen atoms in total. The minimum Gasteiger partial charge on any atom is -0.348 e. The number of aryl methyl sites for hydroxylation is 1. The van der Waals surface area contributed by atoms with Gasteiger partial charge in [0.2, 0.25) is 0 Å². The molecular weight excluding hydrogens is 294 g/mol. The molecule has 0 bridgehead atoms. The molecule has 0 aromatic carbocycles. The highest BCUT2D eigenvalue weighted by atomic mass is 16.2. The van der Waals surface area contributed by atoms with E-state index in [4.69, 9.17) is 0 Å². The lowest BCUT2D eigenvalue weighted by Crippen LogP contribution is -2.26. The topological polar surface area (TPSA) is 81.8 Å². The molecule has 0 radical (unpaired) electrons. The average molecular weight is 309 g/mol. The molecule has 3 rings (SSSR count). The van der Waals surface area contributed by atoms with E-state index in [-0.39, 0.29) is 18.0 Å². The SMILES string of the molecule is Cn1ccc(C(=O)NCc2cccnc2-n2cccn2)cc1=O. The van der Waals surface area contributed by atoms with Crippen LogP contribution in [0.1, 0.15) is 15.9 Å². The molecule has 0 saturated heterocycles. The van der Waals surface area contributed by atoms with Gasteiger partial charge in [0, 0.05) is 55.6 Å². The van der Waals surface area contributed by atoms with Crippen molar-refractivity contribution in [1.29, 1.82) is 0 Å². The van der Waals surface area contributed by atoms with Crippen molar-refractivity contribution in [3.63, 3.8) is 0 Å². The minimum atomic E-state index is -0.307. The smallest absolute Gasteiger partial charge is 0.251 e. The van der Waals surface area contributed by atoms with E-state index in [1.807, 2.05) is 6.07 Å². The van der Waals surface area contributed by atoms with Crippen molar-refractivity contribution >= 4 is 5.91 Å². The summed E-state index contributed by atoms with van der Waals surface area (Å²) in [6.07, 6.45) is 6.69. The number of aromatic nitrogens is 4. The summed E-state index contributed by atoms with van der Waals surface area (Å²) >= 11 is 0. The lowest BCUT2D eigenvalue weighted by molar-refractivity contribution is 0.0950. The Labute approximate surface area is 132 Å². The molecule has 0 saturated carbocycles. The van der Waals surface area contributed by atoms with Crippen molar-refractivity contribution in [3.05, 3.63) is 76.6 Å². The molecule has 23 heavy (non-hydrogen) atoms. The normalized spacial score (nSPS) is 10.5. The monoisotopic (exact) mass is 309 g/mol. The van der Waals surface area contributed by atoms with E-state index in [1.54, 1.807) is 54.7 Å². The fourth-order valence-electron chi connectivity index (χ4n) is 2.14. The molecule has 0 unspecified atom stereocenters. The summed E-state index contributed by atoms with van der Waals surface area (Å²) < 4.78 is 3.05. The zero-order chi connectivity index (χ0) is 16.2. The average Bonchev–Trinajstić information content (AvgIpc) is 3.10. The Hall–Kier alpha value is -3.22. The van der Waals surface area contributed by atoms with Gasteiger partial charge < -0.3 is 9.88 Å². The van der Waals surface area contributed by atoms with E-state index in [0.717, 1.165) is 5.56 Å². The van der Waals surface area contributed by atoms with Gasteiger partial charge in [0.25, 0.3) is 11.5 Å². The van der Waals surface area contributed by atoms with Gasteiger partial charge >= 0.3 is 0 Å². The second-order valence-electron chi connectivity index (χ2n) is 4.98. The van der Waals surface area contributed by atoms with Crippen LogP contribution in [0.3, 0.4) is 0 Å². The summed E-state index contributed by atoms with van der Waals surface area (Å²) in [7, 11) is 1.63. The molecule has 0 aliphatic rings. The van der Waals surface area contributed by atoms with Crippen molar-refractivity contribution in [2.45, 2.75) is 6.54 Å². The summed E-state index contributed by atoms with van der Waals surface area (Å²) in [6.45, 7) is 0.289. The summed E-state index contributed by atoms with van der Waals surface area (Å²) in [4.78, 5) is 28.1. The maximum atomic E-state index is 12.2. The van der Waals surface area contributed by atoms with E-state index in [9.17, 15) is 9.59 Å². The number of nitrogens with one attached hydrogen (secondary N) is 1. The van der Waals surface area contributed by atoms with Crippen LogP contribution in [0.15, 0.2) is 59.9 Å². The Morgan fingerprint density at radius 3 is 2.83 bits per heavy atom. The van der Waals surface area contributed by atoms with Gasteiger partial charge in [-0.2, -0.15) is 5.10 Å². The molecule has 0 spiro atoms. The summed E-state index contributed by atoms with van der Waals surface area (Å²) in [6, 6.07) is 8.39. The molecule has 0 fully saturated rings. The van der Waals surface area contributed by atoms with Crippen LogP contribution in [0, 0.1) is 0 Å². The maximum Gasteiger partial charge on any atom is 0.251 e. The fraction of sp³-hybridized carbons (Fsp3) is 0.125. The Kier molecular flexibility index (Phi) is 4.01. The van der Waals surface area contributed by atoms with Crippen molar-refractivity contribution in [2.24, 2.45) is 7.05 Å². The number of hydrogen-bond acceptors (Lipinski definition) is 4. The predicted octanol–water partition coefficient (Wildman–Crippen LogP) is 0.896. The largest absolute Gasteiger partial charge is 0.348 e. The van der Waals surface area contributed by atoms with Crippen LogP contribution in [0.5, 0.6) is 0 Å². The number of hydrogen-bond donors (Lipinski definition) is 1. The van der Waals surface area contributed by atoms with Gasteiger partial charge in [-0.3, -0.25) is 9.59 Å². The van der Waals surface area contributed by atoms with Crippen molar-refractivity contribution in [3.8, 4) is 5.82 Å². The lowest BCUT2D eigenvalue weighted by Gasteiger charge is -2.10. The van der Waals surface area contributed by atoms with E-state index in [1.165, 1.54) is 10.6 Å². The number of carbonyl (C=O) groups excluding carboxylic acids is 1. The molecule has 0 aliphatic heterocycles. The number of rotatable bonds is 4. The quantitative estimate of drug-likeness (QED) is 0.776. The number of pyridine rings is 2. The second-order valence-corrected chi connectivity index (χ2v) is 4.98. The third kappa shape index (κ3) is 3.18. The molecular formula is C16H15N5O2. The van der Waals surface area contributed by atoms with Gasteiger partial charge in [0.05, 0.1) is 0 Å². The van der Waals surface area contributed by atoms with E-state index in [2.05, 4.69) is 15.4 Å². The number of carbonyl (C=O) groups is 1. The van der Waals surface area contributed by atoms with Crippen molar-refractivity contribution < 1.29 is 4.79 Å².